The monoisotopic (exact) mass is 326 g/mol. The van der Waals surface area contributed by atoms with Crippen LogP contribution in [-0.2, 0) is 4.79 Å². The van der Waals surface area contributed by atoms with Crippen molar-refractivity contribution in [1.82, 2.24) is 5.32 Å². The largest absolute Gasteiger partial charge is 0.484 e. The summed E-state index contributed by atoms with van der Waals surface area (Å²) in [6.45, 7) is 3.52. The van der Waals surface area contributed by atoms with E-state index in [1.165, 1.54) is 0 Å². The second-order valence-electron chi connectivity index (χ2n) is 5.30. The maximum absolute atomic E-state index is 11.8. The zero-order valence-corrected chi connectivity index (χ0v) is 13.5. The number of nitrogens with one attached hydrogen (secondary N) is 2. The molecule has 24 heavy (non-hydrogen) atoms. The second-order valence-corrected chi connectivity index (χ2v) is 5.30. The highest BCUT2D eigenvalue weighted by atomic mass is 16.5. The van der Waals surface area contributed by atoms with Gasteiger partial charge in [0.2, 0.25) is 0 Å². The fourth-order valence-electron chi connectivity index (χ4n) is 2.06. The fraction of sp³-hybridized carbons (Fsp3) is 0.167. The third-order valence-corrected chi connectivity index (χ3v) is 3.27. The van der Waals surface area contributed by atoms with Crippen molar-refractivity contribution in [3.63, 3.8) is 0 Å². The van der Waals surface area contributed by atoms with Gasteiger partial charge in [-0.1, -0.05) is 17.7 Å². The quantitative estimate of drug-likeness (QED) is 0.828. The van der Waals surface area contributed by atoms with E-state index in [2.05, 4.69) is 10.6 Å². The molecule has 0 heterocycles. The molecule has 3 amide bonds. The molecule has 0 unspecified atom stereocenters. The van der Waals surface area contributed by atoms with Gasteiger partial charge in [-0.15, -0.1) is 0 Å². The van der Waals surface area contributed by atoms with E-state index in [-0.39, 0.29) is 6.61 Å². The first-order chi connectivity index (χ1) is 11.5. The number of urea groups is 1. The summed E-state index contributed by atoms with van der Waals surface area (Å²) in [7, 11) is 0. The molecule has 6 nitrogen and oxygen atoms in total. The van der Waals surface area contributed by atoms with E-state index in [4.69, 9.17) is 4.74 Å². The fourth-order valence-corrected chi connectivity index (χ4v) is 2.06. The lowest BCUT2D eigenvalue weighted by Gasteiger charge is -2.10. The molecular formula is C18H18N2O4. The smallest absolute Gasteiger partial charge is 0.325 e. The van der Waals surface area contributed by atoms with Gasteiger partial charge in [-0.2, -0.15) is 0 Å². The van der Waals surface area contributed by atoms with Gasteiger partial charge in [0.1, 0.15) is 12.0 Å². The summed E-state index contributed by atoms with van der Waals surface area (Å²) in [5.74, 6) is -0.137. The normalized spacial score (nSPS) is 9.92. The molecule has 0 saturated heterocycles. The SMILES string of the molecule is Cc1ccc(NC(=O)NC(=O)COc2ccc(C=O)cc2)c(C)c1. The van der Waals surface area contributed by atoms with Crippen LogP contribution >= 0.6 is 0 Å². The summed E-state index contributed by atoms with van der Waals surface area (Å²) < 4.78 is 5.25. The minimum absolute atomic E-state index is 0.305. The summed E-state index contributed by atoms with van der Waals surface area (Å²) in [5, 5.41) is 4.81. The molecule has 2 aromatic carbocycles. The summed E-state index contributed by atoms with van der Waals surface area (Å²) in [6, 6.07) is 11.3. The van der Waals surface area contributed by atoms with Gasteiger partial charge in [-0.05, 0) is 49.7 Å². The van der Waals surface area contributed by atoms with E-state index in [0.717, 1.165) is 11.1 Å². The van der Waals surface area contributed by atoms with Crippen LogP contribution in [0.1, 0.15) is 21.5 Å². The number of hydrogen-bond acceptors (Lipinski definition) is 4. The molecule has 0 bridgehead atoms. The summed E-state index contributed by atoms with van der Waals surface area (Å²) >= 11 is 0. The Morgan fingerprint density at radius 3 is 2.42 bits per heavy atom. The van der Waals surface area contributed by atoms with Gasteiger partial charge < -0.3 is 10.1 Å². The number of anilines is 1. The standard InChI is InChI=1S/C18H18N2O4/c1-12-3-8-16(13(2)9-12)19-18(23)20-17(22)11-24-15-6-4-14(10-21)5-7-15/h3-10H,11H2,1-2H3,(H2,19,20,22,23). The number of rotatable bonds is 5. The zero-order chi connectivity index (χ0) is 17.5. The van der Waals surface area contributed by atoms with Crippen LogP contribution in [0.3, 0.4) is 0 Å². The van der Waals surface area contributed by atoms with Crippen LogP contribution in [0.4, 0.5) is 10.5 Å². The second kappa shape index (κ2) is 7.92. The van der Waals surface area contributed by atoms with Crippen molar-refractivity contribution < 1.29 is 19.1 Å². The van der Waals surface area contributed by atoms with Gasteiger partial charge in [0.25, 0.3) is 5.91 Å². The predicted molar refractivity (Wildman–Crippen MR) is 90.4 cm³/mol. The van der Waals surface area contributed by atoms with Gasteiger partial charge >= 0.3 is 6.03 Å². The lowest BCUT2D eigenvalue weighted by molar-refractivity contribution is -0.121. The Kier molecular flexibility index (Phi) is 5.68. The summed E-state index contributed by atoms with van der Waals surface area (Å²) in [6.07, 6.45) is 0.716. The molecule has 2 aromatic rings. The van der Waals surface area contributed by atoms with Crippen molar-refractivity contribution in [1.29, 1.82) is 0 Å². The van der Waals surface area contributed by atoms with Crippen LogP contribution in [0.5, 0.6) is 5.75 Å². The van der Waals surface area contributed by atoms with Crippen molar-refractivity contribution >= 4 is 23.9 Å². The lowest BCUT2D eigenvalue weighted by atomic mass is 10.1. The number of carbonyl (C=O) groups is 3. The molecule has 2 rings (SSSR count). The Bertz CT molecular complexity index is 754. The number of aldehydes is 1. The Labute approximate surface area is 139 Å². The highest BCUT2D eigenvalue weighted by molar-refractivity contribution is 6.01. The highest BCUT2D eigenvalue weighted by Crippen LogP contribution is 2.15. The molecule has 0 aromatic heterocycles. The first-order valence-electron chi connectivity index (χ1n) is 7.34. The van der Waals surface area contributed by atoms with E-state index in [1.807, 2.05) is 26.0 Å². The van der Waals surface area contributed by atoms with Crippen molar-refractivity contribution in [3.8, 4) is 5.75 Å². The maximum atomic E-state index is 11.8. The van der Waals surface area contributed by atoms with Crippen LogP contribution in [-0.4, -0.2) is 24.8 Å². The highest BCUT2D eigenvalue weighted by Gasteiger charge is 2.10. The third kappa shape index (κ3) is 4.95. The molecule has 124 valence electrons. The van der Waals surface area contributed by atoms with Crippen molar-refractivity contribution in [2.24, 2.45) is 0 Å². The molecule has 2 N–H and O–H groups in total. The number of carbonyl (C=O) groups excluding carboxylic acids is 3. The molecule has 0 aliphatic carbocycles. The van der Waals surface area contributed by atoms with Crippen LogP contribution < -0.4 is 15.4 Å². The molecule has 0 spiro atoms. The Morgan fingerprint density at radius 1 is 1.08 bits per heavy atom. The van der Waals surface area contributed by atoms with Crippen molar-refractivity contribution in [3.05, 3.63) is 59.2 Å². The average molecular weight is 326 g/mol. The van der Waals surface area contributed by atoms with E-state index < -0.39 is 11.9 Å². The van der Waals surface area contributed by atoms with Crippen LogP contribution in [0, 0.1) is 13.8 Å². The molecule has 0 fully saturated rings. The summed E-state index contributed by atoms with van der Waals surface area (Å²) in [5.41, 5.74) is 3.14. The first-order valence-corrected chi connectivity index (χ1v) is 7.34. The van der Waals surface area contributed by atoms with Crippen LogP contribution in [0.15, 0.2) is 42.5 Å². The number of ether oxygens (including phenoxy) is 1. The van der Waals surface area contributed by atoms with E-state index in [1.54, 1.807) is 30.3 Å². The first kappa shape index (κ1) is 17.2. The number of aryl methyl sites for hydroxylation is 2. The van der Waals surface area contributed by atoms with Gasteiger partial charge in [-0.25, -0.2) is 4.79 Å². The summed E-state index contributed by atoms with van der Waals surface area (Å²) in [4.78, 5) is 34.1. The van der Waals surface area contributed by atoms with Gasteiger partial charge in [0, 0.05) is 11.3 Å². The van der Waals surface area contributed by atoms with Crippen molar-refractivity contribution in [2.45, 2.75) is 13.8 Å². The minimum Gasteiger partial charge on any atom is -0.484 e. The molecule has 6 heteroatoms. The number of hydrogen-bond donors (Lipinski definition) is 2. The van der Waals surface area contributed by atoms with Crippen LogP contribution in [0.2, 0.25) is 0 Å². The zero-order valence-electron chi connectivity index (χ0n) is 13.5. The van der Waals surface area contributed by atoms with E-state index >= 15 is 0 Å². The van der Waals surface area contributed by atoms with Crippen molar-refractivity contribution in [2.75, 3.05) is 11.9 Å². The Morgan fingerprint density at radius 2 is 1.79 bits per heavy atom. The van der Waals surface area contributed by atoms with Crippen LogP contribution in [0.25, 0.3) is 0 Å². The molecule has 0 radical (unpaired) electrons. The number of amides is 3. The lowest BCUT2D eigenvalue weighted by Crippen LogP contribution is -2.37. The molecule has 0 aliphatic rings. The number of imide groups is 1. The van der Waals surface area contributed by atoms with Gasteiger partial charge in [0.05, 0.1) is 0 Å². The number of benzene rings is 2. The third-order valence-electron chi connectivity index (χ3n) is 3.27. The minimum atomic E-state index is -0.619. The van der Waals surface area contributed by atoms with Gasteiger partial charge in [-0.3, -0.25) is 14.9 Å². The molecule has 0 saturated carbocycles. The van der Waals surface area contributed by atoms with E-state index in [0.29, 0.717) is 23.3 Å². The maximum Gasteiger partial charge on any atom is 0.325 e. The van der Waals surface area contributed by atoms with E-state index in [9.17, 15) is 14.4 Å². The molecular weight excluding hydrogens is 308 g/mol. The Hall–Kier alpha value is -3.15. The predicted octanol–water partition coefficient (Wildman–Crippen LogP) is 2.84. The average Bonchev–Trinajstić information content (AvgIpc) is 2.56. The topological polar surface area (TPSA) is 84.5 Å². The van der Waals surface area contributed by atoms with Gasteiger partial charge in [0.15, 0.2) is 6.61 Å². The Balaban J connectivity index is 1.82. The molecule has 0 aliphatic heterocycles. The molecule has 0 atom stereocenters.